The van der Waals surface area contributed by atoms with Crippen molar-refractivity contribution >= 4 is 0 Å². The molecule has 0 spiro atoms. The summed E-state index contributed by atoms with van der Waals surface area (Å²) in [6, 6.07) is 0. The molecule has 0 unspecified atom stereocenters. The average Bonchev–Trinajstić information content (AvgIpc) is 1.98. The molecule has 0 aromatic heterocycles. The van der Waals surface area contributed by atoms with Gasteiger partial charge in [-0.1, -0.05) is 39.3 Å². The summed E-state index contributed by atoms with van der Waals surface area (Å²) in [5, 5.41) is 0. The van der Waals surface area contributed by atoms with Gasteiger partial charge in [0.2, 0.25) is 0 Å². The summed E-state index contributed by atoms with van der Waals surface area (Å²) >= 11 is 0. The molecule has 0 heteroatoms. The van der Waals surface area contributed by atoms with Crippen molar-refractivity contribution in [1.82, 2.24) is 0 Å². The Labute approximate surface area is 77.1 Å². The van der Waals surface area contributed by atoms with Crippen LogP contribution in [0.4, 0.5) is 0 Å². The van der Waals surface area contributed by atoms with E-state index in [2.05, 4.69) is 34.3 Å². The van der Waals surface area contributed by atoms with Crippen LogP contribution in [0.2, 0.25) is 0 Å². The maximum atomic E-state index is 4.12. The third kappa shape index (κ3) is 1.32. The van der Waals surface area contributed by atoms with Gasteiger partial charge in [0.05, 0.1) is 0 Å². The lowest BCUT2D eigenvalue weighted by Gasteiger charge is -2.55. The van der Waals surface area contributed by atoms with Crippen LogP contribution < -0.4 is 0 Å². The van der Waals surface area contributed by atoms with Gasteiger partial charge in [-0.3, -0.25) is 0 Å². The summed E-state index contributed by atoms with van der Waals surface area (Å²) in [5.74, 6) is 0. The largest absolute Gasteiger partial charge is 0.0996 e. The second-order valence-electron chi connectivity index (χ2n) is 4.93. The van der Waals surface area contributed by atoms with E-state index >= 15 is 0 Å². The average molecular weight is 166 g/mol. The minimum atomic E-state index is 0.505. The quantitative estimate of drug-likeness (QED) is 0.552. The molecule has 1 aliphatic rings. The van der Waals surface area contributed by atoms with Crippen molar-refractivity contribution in [3.05, 3.63) is 12.2 Å². The van der Waals surface area contributed by atoms with E-state index in [9.17, 15) is 0 Å². The Kier molecular flexibility index (Phi) is 2.38. The molecule has 1 fully saturated rings. The fraction of sp³-hybridized carbons (Fsp3) is 0.833. The lowest BCUT2D eigenvalue weighted by Crippen LogP contribution is -2.44. The minimum Gasteiger partial charge on any atom is -0.0996 e. The monoisotopic (exact) mass is 166 g/mol. The van der Waals surface area contributed by atoms with E-state index in [4.69, 9.17) is 0 Å². The predicted octanol–water partition coefficient (Wildman–Crippen LogP) is 4.17. The lowest BCUT2D eigenvalue weighted by atomic mass is 9.49. The van der Waals surface area contributed by atoms with Crippen LogP contribution in [0.3, 0.4) is 0 Å². The van der Waals surface area contributed by atoms with E-state index in [1.165, 1.54) is 31.3 Å². The van der Waals surface area contributed by atoms with Gasteiger partial charge in [-0.25, -0.2) is 0 Å². The van der Waals surface area contributed by atoms with Gasteiger partial charge in [-0.05, 0) is 37.0 Å². The Morgan fingerprint density at radius 2 is 1.75 bits per heavy atom. The second-order valence-corrected chi connectivity index (χ2v) is 4.93. The van der Waals surface area contributed by atoms with Gasteiger partial charge < -0.3 is 0 Å². The summed E-state index contributed by atoms with van der Waals surface area (Å²) in [5.41, 5.74) is 2.52. The summed E-state index contributed by atoms with van der Waals surface area (Å²) < 4.78 is 0. The summed E-state index contributed by atoms with van der Waals surface area (Å²) in [6.45, 7) is 13.3. The molecule has 12 heavy (non-hydrogen) atoms. The van der Waals surface area contributed by atoms with Crippen molar-refractivity contribution < 1.29 is 0 Å². The predicted molar refractivity (Wildman–Crippen MR) is 55.2 cm³/mol. The Bertz CT molecular complexity index is 182. The maximum absolute atomic E-state index is 4.12. The SMILES string of the molecule is C=C(C)C1(CC)CC(C)(CC)C1. The number of allylic oxidation sites excluding steroid dienone is 1. The Hall–Kier alpha value is -0.260. The zero-order valence-corrected chi connectivity index (χ0v) is 9.04. The van der Waals surface area contributed by atoms with Crippen LogP contribution in [0.1, 0.15) is 53.4 Å². The molecule has 0 bridgehead atoms. The Morgan fingerprint density at radius 3 is 2.00 bits per heavy atom. The first-order valence-corrected chi connectivity index (χ1v) is 5.14. The highest BCUT2D eigenvalue weighted by atomic mass is 14.5. The molecule has 0 amide bonds. The van der Waals surface area contributed by atoms with Crippen LogP contribution >= 0.6 is 0 Å². The van der Waals surface area contributed by atoms with E-state index in [-0.39, 0.29) is 0 Å². The Balaban J connectivity index is 2.63. The third-order valence-corrected chi connectivity index (χ3v) is 3.97. The van der Waals surface area contributed by atoms with Crippen LogP contribution in [0, 0.1) is 10.8 Å². The van der Waals surface area contributed by atoms with Crippen molar-refractivity contribution in [2.24, 2.45) is 10.8 Å². The lowest BCUT2D eigenvalue weighted by molar-refractivity contribution is -0.00285. The van der Waals surface area contributed by atoms with Crippen molar-refractivity contribution in [2.75, 3.05) is 0 Å². The number of rotatable bonds is 3. The maximum Gasteiger partial charge on any atom is -0.00858 e. The number of hydrogen-bond donors (Lipinski definition) is 0. The van der Waals surface area contributed by atoms with E-state index in [0.29, 0.717) is 10.8 Å². The molecule has 1 rings (SSSR count). The van der Waals surface area contributed by atoms with Crippen molar-refractivity contribution in [2.45, 2.75) is 53.4 Å². The van der Waals surface area contributed by atoms with Crippen molar-refractivity contribution in [3.63, 3.8) is 0 Å². The molecule has 0 heterocycles. The van der Waals surface area contributed by atoms with Gasteiger partial charge in [0.1, 0.15) is 0 Å². The molecule has 0 aromatic carbocycles. The molecule has 0 atom stereocenters. The van der Waals surface area contributed by atoms with Gasteiger partial charge in [-0.15, -0.1) is 0 Å². The highest BCUT2D eigenvalue weighted by Crippen LogP contribution is 2.60. The van der Waals surface area contributed by atoms with Gasteiger partial charge in [0.25, 0.3) is 0 Å². The van der Waals surface area contributed by atoms with E-state index in [1.54, 1.807) is 0 Å². The van der Waals surface area contributed by atoms with Crippen molar-refractivity contribution in [1.29, 1.82) is 0 Å². The van der Waals surface area contributed by atoms with Gasteiger partial charge in [-0.2, -0.15) is 0 Å². The van der Waals surface area contributed by atoms with E-state index in [1.807, 2.05) is 0 Å². The van der Waals surface area contributed by atoms with Crippen LogP contribution in [0.15, 0.2) is 12.2 Å². The normalized spacial score (nSPS) is 40.7. The van der Waals surface area contributed by atoms with Gasteiger partial charge in [0, 0.05) is 0 Å². The molecule has 0 saturated heterocycles. The van der Waals surface area contributed by atoms with E-state index < -0.39 is 0 Å². The molecule has 0 radical (unpaired) electrons. The highest BCUT2D eigenvalue weighted by Gasteiger charge is 2.49. The molecule has 0 N–H and O–H groups in total. The fourth-order valence-electron chi connectivity index (χ4n) is 2.69. The molecule has 0 nitrogen and oxygen atoms in total. The zero-order chi connectivity index (χ0) is 9.41. The zero-order valence-electron chi connectivity index (χ0n) is 9.04. The van der Waals surface area contributed by atoms with Gasteiger partial charge in [0.15, 0.2) is 0 Å². The summed E-state index contributed by atoms with van der Waals surface area (Å²) in [7, 11) is 0. The molecule has 70 valence electrons. The minimum absolute atomic E-state index is 0.505. The third-order valence-electron chi connectivity index (χ3n) is 3.97. The van der Waals surface area contributed by atoms with Crippen LogP contribution in [-0.4, -0.2) is 0 Å². The first kappa shape index (κ1) is 9.83. The smallest absolute Gasteiger partial charge is 0.00858 e. The van der Waals surface area contributed by atoms with Crippen LogP contribution in [-0.2, 0) is 0 Å². The van der Waals surface area contributed by atoms with E-state index in [0.717, 1.165) is 0 Å². The number of hydrogen-bond acceptors (Lipinski definition) is 0. The molecule has 1 aliphatic carbocycles. The molecular weight excluding hydrogens is 144 g/mol. The molecule has 1 saturated carbocycles. The van der Waals surface area contributed by atoms with Gasteiger partial charge >= 0.3 is 0 Å². The van der Waals surface area contributed by atoms with Crippen molar-refractivity contribution in [3.8, 4) is 0 Å². The molecule has 0 aromatic rings. The first-order chi connectivity index (χ1) is 5.48. The Morgan fingerprint density at radius 1 is 1.25 bits per heavy atom. The van der Waals surface area contributed by atoms with Crippen LogP contribution in [0.25, 0.3) is 0 Å². The first-order valence-electron chi connectivity index (χ1n) is 5.14. The standard InChI is InChI=1S/C12H22/c1-6-11(5)8-12(7-2,9-11)10(3)4/h3,6-9H2,1-2,4-5H3. The molecule has 0 aliphatic heterocycles. The second kappa shape index (κ2) is 2.90. The van der Waals surface area contributed by atoms with Crippen LogP contribution in [0.5, 0.6) is 0 Å². The summed E-state index contributed by atoms with van der Waals surface area (Å²) in [4.78, 5) is 0. The summed E-state index contributed by atoms with van der Waals surface area (Å²) in [6.07, 6.45) is 5.32. The topological polar surface area (TPSA) is 0 Å². The molecular formula is C12H22. The fourth-order valence-corrected chi connectivity index (χ4v) is 2.69. The highest BCUT2D eigenvalue weighted by molar-refractivity contribution is 5.16.